The minimum atomic E-state index is -0.769. The summed E-state index contributed by atoms with van der Waals surface area (Å²) in [5.74, 6) is -1.18. The zero-order valence-electron chi connectivity index (χ0n) is 16.4. The number of H-pyrrole nitrogens is 1. The Hall–Kier alpha value is -2.71. The number of rotatable bonds is 3. The van der Waals surface area contributed by atoms with Crippen LogP contribution in [0.3, 0.4) is 0 Å². The third kappa shape index (κ3) is 3.53. The average Bonchev–Trinajstić information content (AvgIpc) is 3.34. The number of methoxy groups -OCH3 is 1. The van der Waals surface area contributed by atoms with E-state index in [0.29, 0.717) is 13.0 Å². The number of benzene rings is 2. The first-order chi connectivity index (χ1) is 14.9. The highest BCUT2D eigenvalue weighted by Crippen LogP contribution is 2.42. The number of nitrogens with one attached hydrogen (secondary N) is 1. The van der Waals surface area contributed by atoms with Crippen LogP contribution in [0.4, 0.5) is 8.78 Å². The lowest BCUT2D eigenvalue weighted by Crippen LogP contribution is -2.40. The van der Waals surface area contributed by atoms with Gasteiger partial charge >= 0.3 is 0 Å². The summed E-state index contributed by atoms with van der Waals surface area (Å²) in [6.45, 7) is 0.425. The van der Waals surface area contributed by atoms with Crippen molar-refractivity contribution in [3.63, 3.8) is 0 Å². The maximum atomic E-state index is 13.8. The molecule has 31 heavy (non-hydrogen) atoms. The zero-order chi connectivity index (χ0) is 21.7. The number of amides is 1. The molecular weight excluding hydrogens is 486 g/mol. The summed E-state index contributed by atoms with van der Waals surface area (Å²) in [5.41, 5.74) is 2.99. The van der Waals surface area contributed by atoms with Crippen LogP contribution in [-0.4, -0.2) is 29.4 Å². The summed E-state index contributed by atoms with van der Waals surface area (Å²) >= 11 is 5.02. The molecule has 0 radical (unpaired) electrons. The van der Waals surface area contributed by atoms with Crippen LogP contribution in [0.1, 0.15) is 32.5 Å². The van der Waals surface area contributed by atoms with Crippen LogP contribution in [0.25, 0.3) is 10.9 Å². The minimum Gasteiger partial charge on any atom is -0.497 e. The summed E-state index contributed by atoms with van der Waals surface area (Å²) in [7, 11) is 1.63. The Labute approximate surface area is 189 Å². The van der Waals surface area contributed by atoms with Gasteiger partial charge in [0.2, 0.25) is 0 Å². The molecule has 0 aliphatic carbocycles. The molecule has 8 heteroatoms. The Balaban J connectivity index is 1.66. The zero-order valence-corrected chi connectivity index (χ0v) is 18.8. The molecule has 3 heterocycles. The minimum absolute atomic E-state index is 0.000600. The van der Waals surface area contributed by atoms with Crippen LogP contribution in [0.2, 0.25) is 0 Å². The van der Waals surface area contributed by atoms with Crippen LogP contribution in [-0.2, 0) is 6.42 Å². The summed E-state index contributed by atoms with van der Waals surface area (Å²) < 4.78 is 33.9. The fourth-order valence-corrected chi connectivity index (χ4v) is 5.79. The Kier molecular flexibility index (Phi) is 5.06. The Morgan fingerprint density at radius 2 is 1.97 bits per heavy atom. The molecule has 1 aliphatic heterocycles. The molecule has 158 valence electrons. The summed E-state index contributed by atoms with van der Waals surface area (Å²) in [6, 6.07) is 10.4. The van der Waals surface area contributed by atoms with Crippen molar-refractivity contribution in [1.29, 1.82) is 0 Å². The number of fused-ring (bicyclic) bond motifs is 3. The fourth-order valence-electron chi connectivity index (χ4n) is 4.22. The number of ether oxygens (including phenoxy) is 1. The Morgan fingerprint density at radius 3 is 2.65 bits per heavy atom. The quantitative estimate of drug-likeness (QED) is 0.369. The van der Waals surface area contributed by atoms with E-state index in [9.17, 15) is 13.6 Å². The highest BCUT2D eigenvalue weighted by atomic mass is 79.9. The molecule has 2 aromatic carbocycles. The molecule has 0 bridgehead atoms. The van der Waals surface area contributed by atoms with Crippen molar-refractivity contribution in [2.75, 3.05) is 13.7 Å². The van der Waals surface area contributed by atoms with Crippen LogP contribution < -0.4 is 4.74 Å². The predicted octanol–water partition coefficient (Wildman–Crippen LogP) is 6.07. The van der Waals surface area contributed by atoms with Crippen molar-refractivity contribution < 1.29 is 18.3 Å². The number of thiophene rings is 1. The normalized spacial score (nSPS) is 15.9. The van der Waals surface area contributed by atoms with Gasteiger partial charge in [-0.1, -0.05) is 0 Å². The van der Waals surface area contributed by atoms with Crippen molar-refractivity contribution in [2.45, 2.75) is 12.5 Å². The third-order valence-electron chi connectivity index (χ3n) is 5.56. The number of aromatic amines is 1. The second-order valence-corrected chi connectivity index (χ2v) is 9.26. The molecule has 1 amide bonds. The maximum Gasteiger partial charge on any atom is 0.254 e. The van der Waals surface area contributed by atoms with E-state index in [1.54, 1.807) is 12.0 Å². The third-order valence-corrected chi connectivity index (χ3v) is 7.31. The fraction of sp³-hybridized carbons (Fsp3) is 0.174. The van der Waals surface area contributed by atoms with Gasteiger partial charge in [0.05, 0.1) is 7.11 Å². The number of hydrogen-bond donors (Lipinski definition) is 1. The largest absolute Gasteiger partial charge is 0.497 e. The van der Waals surface area contributed by atoms with Crippen molar-refractivity contribution in [3.05, 3.63) is 85.6 Å². The number of carbonyl (C=O) groups excluding carboxylic acids is 1. The van der Waals surface area contributed by atoms with Gasteiger partial charge in [0.1, 0.15) is 23.4 Å². The molecule has 5 rings (SSSR count). The van der Waals surface area contributed by atoms with Gasteiger partial charge in [-0.2, -0.15) is 0 Å². The van der Waals surface area contributed by atoms with E-state index < -0.39 is 23.6 Å². The van der Waals surface area contributed by atoms with E-state index in [1.165, 1.54) is 11.3 Å². The second kappa shape index (κ2) is 7.76. The Bertz CT molecular complexity index is 1300. The molecule has 1 atom stereocenters. The molecule has 4 nitrogen and oxygen atoms in total. The highest BCUT2D eigenvalue weighted by Gasteiger charge is 2.36. The molecule has 1 N–H and O–H groups in total. The smallest absolute Gasteiger partial charge is 0.254 e. The van der Waals surface area contributed by atoms with Crippen molar-refractivity contribution in [1.82, 2.24) is 9.88 Å². The van der Waals surface area contributed by atoms with Gasteiger partial charge in [0, 0.05) is 49.5 Å². The lowest BCUT2D eigenvalue weighted by molar-refractivity contribution is 0.0693. The topological polar surface area (TPSA) is 45.3 Å². The summed E-state index contributed by atoms with van der Waals surface area (Å²) in [4.78, 5) is 19.5. The molecule has 0 spiro atoms. The van der Waals surface area contributed by atoms with Gasteiger partial charge in [-0.05, 0) is 64.3 Å². The van der Waals surface area contributed by atoms with E-state index >= 15 is 0 Å². The first-order valence-electron chi connectivity index (χ1n) is 9.64. The number of hydrogen-bond acceptors (Lipinski definition) is 3. The van der Waals surface area contributed by atoms with Gasteiger partial charge in [0.15, 0.2) is 0 Å². The maximum absolute atomic E-state index is 13.8. The van der Waals surface area contributed by atoms with Gasteiger partial charge in [0.25, 0.3) is 5.91 Å². The van der Waals surface area contributed by atoms with E-state index in [-0.39, 0.29) is 5.56 Å². The predicted molar refractivity (Wildman–Crippen MR) is 120 cm³/mol. The monoisotopic (exact) mass is 502 g/mol. The molecule has 0 fully saturated rings. The molecule has 2 aromatic heterocycles. The Morgan fingerprint density at radius 1 is 1.19 bits per heavy atom. The van der Waals surface area contributed by atoms with E-state index in [4.69, 9.17) is 4.74 Å². The molecule has 1 aliphatic rings. The van der Waals surface area contributed by atoms with Crippen molar-refractivity contribution in [3.8, 4) is 5.75 Å². The highest BCUT2D eigenvalue weighted by molar-refractivity contribution is 9.10. The lowest BCUT2D eigenvalue weighted by Gasteiger charge is -2.35. The average molecular weight is 503 g/mol. The van der Waals surface area contributed by atoms with Gasteiger partial charge in [-0.25, -0.2) is 8.78 Å². The van der Waals surface area contributed by atoms with Crippen LogP contribution in [0, 0.1) is 11.6 Å². The first kappa shape index (κ1) is 20.2. The van der Waals surface area contributed by atoms with E-state index in [0.717, 1.165) is 55.5 Å². The van der Waals surface area contributed by atoms with Crippen molar-refractivity contribution in [2.24, 2.45) is 0 Å². The number of halogens is 3. The molecule has 0 saturated carbocycles. The van der Waals surface area contributed by atoms with Crippen LogP contribution in [0.5, 0.6) is 5.75 Å². The van der Waals surface area contributed by atoms with E-state index in [1.807, 2.05) is 29.6 Å². The van der Waals surface area contributed by atoms with E-state index in [2.05, 4.69) is 20.9 Å². The molecule has 0 unspecified atom stereocenters. The summed E-state index contributed by atoms with van der Waals surface area (Å²) in [6.07, 6.45) is 0.620. The number of aromatic nitrogens is 1. The van der Waals surface area contributed by atoms with Crippen LogP contribution in [0.15, 0.2) is 52.3 Å². The standard InChI is InChI=1S/C23H17BrF2N2O2S/c1-30-16-2-3-19-18(10-16)17-4-5-28(23(29)12-6-14(25)9-15(26)7-12)22(21(17)27-19)20-8-13(24)11-31-20/h2-3,6-11,22,27H,4-5H2,1H3/t22-/m0/s1. The second-order valence-electron chi connectivity index (χ2n) is 7.41. The molecule has 4 aromatic rings. The van der Waals surface area contributed by atoms with Crippen LogP contribution >= 0.6 is 27.3 Å². The number of carbonyl (C=O) groups is 1. The SMILES string of the molecule is COc1ccc2[nH]c3c(c2c1)CCN(C(=O)c1cc(F)cc(F)c1)[C@H]3c1cc(Br)cs1. The van der Waals surface area contributed by atoms with Crippen molar-refractivity contribution >= 4 is 44.1 Å². The molecule has 0 saturated heterocycles. The lowest BCUT2D eigenvalue weighted by atomic mass is 9.95. The first-order valence-corrected chi connectivity index (χ1v) is 11.3. The van der Waals surface area contributed by atoms with Gasteiger partial charge in [-0.15, -0.1) is 11.3 Å². The molecular formula is C23H17BrF2N2O2S. The number of nitrogens with zero attached hydrogens (tertiary/aromatic N) is 1. The summed E-state index contributed by atoms with van der Waals surface area (Å²) in [5, 5.41) is 3.01. The van der Waals surface area contributed by atoms with Gasteiger partial charge < -0.3 is 14.6 Å². The van der Waals surface area contributed by atoms with Gasteiger partial charge in [-0.3, -0.25) is 4.79 Å².